The molecule has 1 heterocycles. The zero-order valence-corrected chi connectivity index (χ0v) is 16.5. The summed E-state index contributed by atoms with van der Waals surface area (Å²) in [6, 6.07) is 5.56. The van der Waals surface area contributed by atoms with E-state index in [1.165, 1.54) is 11.8 Å². The van der Waals surface area contributed by atoms with Crippen LogP contribution in [0.15, 0.2) is 27.8 Å². The molecule has 0 aliphatic carbocycles. The Morgan fingerprint density at radius 2 is 2.04 bits per heavy atom. The topological polar surface area (TPSA) is 94.0 Å². The van der Waals surface area contributed by atoms with Crippen LogP contribution < -0.4 is 11.1 Å². The molecule has 6 nitrogen and oxygen atoms in total. The number of aromatic nitrogens is 2. The Labute approximate surface area is 158 Å². The van der Waals surface area contributed by atoms with Crippen molar-refractivity contribution in [1.82, 2.24) is 10.2 Å². The quantitative estimate of drug-likeness (QED) is 0.703. The van der Waals surface area contributed by atoms with Crippen LogP contribution >= 0.6 is 24.2 Å². The van der Waals surface area contributed by atoms with Gasteiger partial charge in [0.15, 0.2) is 0 Å². The van der Waals surface area contributed by atoms with Crippen molar-refractivity contribution in [3.63, 3.8) is 0 Å². The van der Waals surface area contributed by atoms with Crippen molar-refractivity contribution in [2.75, 3.05) is 11.1 Å². The number of nitrogens with one attached hydrogen (secondary N) is 1. The maximum absolute atomic E-state index is 12.1. The predicted molar refractivity (Wildman–Crippen MR) is 103 cm³/mol. The molecule has 25 heavy (non-hydrogen) atoms. The second-order valence-electron chi connectivity index (χ2n) is 6.23. The number of carbonyl (C=O) groups excluding carboxylic acids is 1. The van der Waals surface area contributed by atoms with Crippen molar-refractivity contribution in [3.05, 3.63) is 35.2 Å². The molecule has 1 atom stereocenters. The van der Waals surface area contributed by atoms with E-state index in [1.807, 2.05) is 32.0 Å². The summed E-state index contributed by atoms with van der Waals surface area (Å²) in [6.07, 6.45) is 0.777. The Morgan fingerprint density at radius 3 is 2.72 bits per heavy atom. The van der Waals surface area contributed by atoms with Crippen LogP contribution in [0.3, 0.4) is 0 Å². The number of hydrogen-bond acceptors (Lipinski definition) is 6. The van der Waals surface area contributed by atoms with Gasteiger partial charge in [-0.3, -0.25) is 4.79 Å². The predicted octanol–water partition coefficient (Wildman–Crippen LogP) is 3.88. The number of hydrogen-bond donors (Lipinski definition) is 2. The molecule has 0 saturated heterocycles. The number of halogens is 1. The number of anilines is 1. The molecule has 0 saturated carbocycles. The first-order chi connectivity index (χ1) is 11.4. The average molecular weight is 385 g/mol. The maximum Gasteiger partial charge on any atom is 0.277 e. The van der Waals surface area contributed by atoms with E-state index in [0.29, 0.717) is 17.0 Å². The van der Waals surface area contributed by atoms with E-state index in [-0.39, 0.29) is 30.1 Å². The van der Waals surface area contributed by atoms with Crippen LogP contribution in [-0.2, 0) is 4.79 Å². The molecule has 0 fully saturated rings. The van der Waals surface area contributed by atoms with Gasteiger partial charge in [0.1, 0.15) is 0 Å². The number of nitrogens with zero attached hydrogens (tertiary/aromatic N) is 2. The largest absolute Gasteiger partial charge is 0.414 e. The molecule has 8 heteroatoms. The van der Waals surface area contributed by atoms with Crippen molar-refractivity contribution in [1.29, 1.82) is 0 Å². The second-order valence-corrected chi connectivity index (χ2v) is 7.15. The van der Waals surface area contributed by atoms with Crippen molar-refractivity contribution in [2.24, 2.45) is 11.7 Å². The molecule has 2 rings (SSSR count). The van der Waals surface area contributed by atoms with Gasteiger partial charge in [-0.15, -0.1) is 22.6 Å². The van der Waals surface area contributed by atoms with Gasteiger partial charge in [-0.25, -0.2) is 0 Å². The van der Waals surface area contributed by atoms with Gasteiger partial charge in [-0.1, -0.05) is 37.7 Å². The zero-order chi connectivity index (χ0) is 17.7. The minimum atomic E-state index is -0.268. The summed E-state index contributed by atoms with van der Waals surface area (Å²) in [5.41, 5.74) is 9.04. The number of amides is 1. The summed E-state index contributed by atoms with van der Waals surface area (Å²) in [5.74, 6) is 0.960. The summed E-state index contributed by atoms with van der Waals surface area (Å²) in [7, 11) is 0. The normalized spacial score (nSPS) is 11.9. The van der Waals surface area contributed by atoms with E-state index in [2.05, 4.69) is 29.4 Å². The lowest BCUT2D eigenvalue weighted by Crippen LogP contribution is -2.15. The van der Waals surface area contributed by atoms with Gasteiger partial charge in [0.05, 0.1) is 11.8 Å². The Hall–Kier alpha value is -1.57. The monoisotopic (exact) mass is 384 g/mol. The Bertz CT molecular complexity index is 706. The molecule has 0 unspecified atom stereocenters. The van der Waals surface area contributed by atoms with Crippen LogP contribution in [0.1, 0.15) is 43.3 Å². The van der Waals surface area contributed by atoms with Crippen LogP contribution in [0.2, 0.25) is 0 Å². The fourth-order valence-electron chi connectivity index (χ4n) is 2.24. The lowest BCUT2D eigenvalue weighted by Gasteiger charge is -2.09. The highest BCUT2D eigenvalue weighted by Gasteiger charge is 2.17. The molecule has 0 aliphatic heterocycles. The standard InChI is InChI=1S/C17H24N4O2S.ClH/c1-10(2)8-13(18)16-20-21-17(23-16)24-9-15(22)19-14-7-5-6-11(3)12(14)4;/h5-7,10,13H,8-9,18H2,1-4H3,(H,19,22);1H/t13-;/m0./s1. The molecule has 1 aromatic heterocycles. The van der Waals surface area contributed by atoms with E-state index < -0.39 is 0 Å². The number of thioether (sulfide) groups is 1. The van der Waals surface area contributed by atoms with Crippen LogP contribution in [0, 0.1) is 19.8 Å². The van der Waals surface area contributed by atoms with Crippen molar-refractivity contribution < 1.29 is 9.21 Å². The smallest absolute Gasteiger partial charge is 0.277 e. The molecule has 1 amide bonds. The molecule has 138 valence electrons. The SMILES string of the molecule is Cc1cccc(NC(=O)CSc2nnc([C@@H](N)CC(C)C)o2)c1C.Cl. The summed E-state index contributed by atoms with van der Waals surface area (Å²) in [6.45, 7) is 8.17. The fourth-order valence-corrected chi connectivity index (χ4v) is 2.81. The van der Waals surface area contributed by atoms with Crippen molar-refractivity contribution in [3.8, 4) is 0 Å². The second kappa shape index (κ2) is 9.79. The van der Waals surface area contributed by atoms with Crippen LogP contribution in [0.4, 0.5) is 5.69 Å². The van der Waals surface area contributed by atoms with Gasteiger partial charge in [-0.2, -0.15) is 0 Å². The van der Waals surface area contributed by atoms with Crippen molar-refractivity contribution >= 4 is 35.8 Å². The Kier molecular flexibility index (Phi) is 8.41. The molecule has 0 bridgehead atoms. The minimum absolute atomic E-state index is 0. The van der Waals surface area contributed by atoms with Gasteiger partial charge in [-0.05, 0) is 43.4 Å². The van der Waals surface area contributed by atoms with E-state index >= 15 is 0 Å². The van der Waals surface area contributed by atoms with Gasteiger partial charge >= 0.3 is 0 Å². The Balaban J connectivity index is 0.00000312. The van der Waals surface area contributed by atoms with E-state index in [9.17, 15) is 4.79 Å². The van der Waals surface area contributed by atoms with E-state index in [4.69, 9.17) is 10.2 Å². The Morgan fingerprint density at radius 1 is 1.32 bits per heavy atom. The minimum Gasteiger partial charge on any atom is -0.414 e. The first-order valence-electron chi connectivity index (χ1n) is 7.94. The zero-order valence-electron chi connectivity index (χ0n) is 14.9. The molecule has 3 N–H and O–H groups in total. The molecule has 2 aromatic rings. The summed E-state index contributed by atoms with van der Waals surface area (Å²) in [5, 5.41) is 11.2. The first kappa shape index (κ1) is 21.5. The molecular formula is C17H25ClN4O2S. The van der Waals surface area contributed by atoms with Crippen LogP contribution in [0.5, 0.6) is 0 Å². The number of carbonyl (C=O) groups is 1. The number of nitrogens with two attached hydrogens (primary N) is 1. The lowest BCUT2D eigenvalue weighted by molar-refractivity contribution is -0.113. The highest BCUT2D eigenvalue weighted by Crippen LogP contribution is 2.23. The van der Waals surface area contributed by atoms with Gasteiger partial charge < -0.3 is 15.5 Å². The lowest BCUT2D eigenvalue weighted by atomic mass is 10.1. The number of rotatable bonds is 7. The summed E-state index contributed by atoms with van der Waals surface area (Å²) < 4.78 is 5.53. The third kappa shape index (κ3) is 6.34. The fraction of sp³-hybridized carbons (Fsp3) is 0.471. The summed E-state index contributed by atoms with van der Waals surface area (Å²) in [4.78, 5) is 12.1. The third-order valence-corrected chi connectivity index (χ3v) is 4.49. The molecule has 0 spiro atoms. The van der Waals surface area contributed by atoms with E-state index in [1.54, 1.807) is 0 Å². The molecule has 1 aromatic carbocycles. The summed E-state index contributed by atoms with van der Waals surface area (Å²) >= 11 is 1.21. The van der Waals surface area contributed by atoms with Gasteiger partial charge in [0, 0.05) is 5.69 Å². The first-order valence-corrected chi connectivity index (χ1v) is 8.93. The van der Waals surface area contributed by atoms with Crippen LogP contribution in [-0.4, -0.2) is 21.9 Å². The van der Waals surface area contributed by atoms with Crippen molar-refractivity contribution in [2.45, 2.75) is 45.4 Å². The van der Waals surface area contributed by atoms with Crippen LogP contribution in [0.25, 0.3) is 0 Å². The van der Waals surface area contributed by atoms with Gasteiger partial charge in [0.2, 0.25) is 11.8 Å². The molecular weight excluding hydrogens is 360 g/mol. The maximum atomic E-state index is 12.1. The van der Waals surface area contributed by atoms with Gasteiger partial charge in [0.25, 0.3) is 5.22 Å². The molecule has 0 radical (unpaired) electrons. The average Bonchev–Trinajstić information content (AvgIpc) is 2.98. The number of benzene rings is 1. The highest BCUT2D eigenvalue weighted by atomic mass is 35.5. The van der Waals surface area contributed by atoms with E-state index in [0.717, 1.165) is 23.2 Å². The third-order valence-electron chi connectivity index (χ3n) is 3.67. The number of aryl methyl sites for hydroxylation is 1. The highest BCUT2D eigenvalue weighted by molar-refractivity contribution is 7.99. The molecule has 0 aliphatic rings.